The molecule has 12 heteroatoms. The smallest absolute Gasteiger partial charge is 0.328 e. The average Bonchev–Trinajstić information content (AvgIpc) is 2.69. The summed E-state index contributed by atoms with van der Waals surface area (Å²) < 4.78 is 32.5. The maximum absolute atomic E-state index is 14.1. The zero-order valence-electron chi connectivity index (χ0n) is 10.2. The van der Waals surface area contributed by atoms with Crippen LogP contribution in [0, 0.1) is 10.5 Å². The van der Waals surface area contributed by atoms with Crippen molar-refractivity contribution in [1.29, 1.82) is 0 Å². The third kappa shape index (κ3) is 2.43. The van der Waals surface area contributed by atoms with E-state index in [9.17, 15) is 18.7 Å². The molecule has 1 fully saturated rings. The highest BCUT2D eigenvalue weighted by atomic mass is 32.1. The average molecular weight is 321 g/mol. The summed E-state index contributed by atoms with van der Waals surface area (Å²) in [6.45, 7) is -1.03. The van der Waals surface area contributed by atoms with Gasteiger partial charge < -0.3 is 14.9 Å². The van der Waals surface area contributed by atoms with Crippen molar-refractivity contribution in [2.45, 2.75) is 24.2 Å². The Hall–Kier alpha value is -1.85. The van der Waals surface area contributed by atoms with Gasteiger partial charge in [-0.1, -0.05) is 17.3 Å². The van der Waals surface area contributed by atoms with Crippen LogP contribution in [-0.4, -0.2) is 44.4 Å². The Labute approximate surface area is 120 Å². The molecule has 1 aromatic rings. The molecule has 2 heterocycles. The van der Waals surface area contributed by atoms with Crippen LogP contribution in [0.5, 0.6) is 0 Å². The van der Waals surface area contributed by atoms with E-state index in [4.69, 9.17) is 15.4 Å². The Morgan fingerprint density at radius 1 is 1.71 bits per heavy atom. The van der Waals surface area contributed by atoms with Gasteiger partial charge in [0.2, 0.25) is 5.72 Å². The van der Waals surface area contributed by atoms with Crippen LogP contribution in [0.1, 0.15) is 6.23 Å². The Morgan fingerprint density at radius 2 is 2.38 bits per heavy atom. The topological polar surface area (TPSA) is 136 Å². The molecule has 0 radical (unpaired) electrons. The Bertz CT molecular complexity index is 717. The van der Waals surface area contributed by atoms with E-state index in [2.05, 4.69) is 22.2 Å². The van der Waals surface area contributed by atoms with Gasteiger partial charge in [-0.2, -0.15) is 0 Å². The summed E-state index contributed by atoms with van der Waals surface area (Å²) in [7, 11) is 0. The number of hydrogen-bond donors (Lipinski definition) is 3. The zero-order chi connectivity index (χ0) is 15.8. The fraction of sp³-hybridized carbons (Fsp3) is 0.556. The molecule has 0 amide bonds. The van der Waals surface area contributed by atoms with Gasteiger partial charge in [0.1, 0.15) is 10.7 Å². The molecule has 0 bridgehead atoms. The second kappa shape index (κ2) is 5.50. The maximum Gasteiger partial charge on any atom is 0.328 e. The SMILES string of the molecule is [N-]=[N+]=N[C@]1(CO)O[C@@H](n2cc(F)c(=S)[nH]c2=O)[C@@H](F)C1O. The third-order valence-corrected chi connectivity index (χ3v) is 3.30. The summed E-state index contributed by atoms with van der Waals surface area (Å²) >= 11 is 4.50. The fourth-order valence-corrected chi connectivity index (χ4v) is 2.07. The number of ether oxygens (including phenoxy) is 1. The Balaban J connectivity index is 2.52. The highest BCUT2D eigenvalue weighted by Gasteiger charge is 2.56. The summed E-state index contributed by atoms with van der Waals surface area (Å²) in [5.41, 5.74) is 5.11. The molecule has 1 aliphatic heterocycles. The number of rotatable bonds is 3. The number of aromatic amines is 1. The molecule has 9 nitrogen and oxygen atoms in total. The molecule has 114 valence electrons. The van der Waals surface area contributed by atoms with Crippen LogP contribution in [0.3, 0.4) is 0 Å². The standard InChI is InChI=1S/C9H9F2N5O4S/c10-3-1-16(8(19)13-6(3)21)7-4(11)5(18)9(2-17,20-7)14-15-12/h1,4-5,7,17-18H,2H2,(H,13,19,21)/t4-,5?,7+,9+/m0/s1. The van der Waals surface area contributed by atoms with Crippen LogP contribution in [0.25, 0.3) is 10.4 Å². The minimum atomic E-state index is -2.30. The summed E-state index contributed by atoms with van der Waals surface area (Å²) in [5, 5.41) is 21.9. The first-order valence-electron chi connectivity index (χ1n) is 5.54. The molecular weight excluding hydrogens is 312 g/mol. The summed E-state index contributed by atoms with van der Waals surface area (Å²) in [5.74, 6) is -1.01. The number of azide groups is 1. The van der Waals surface area contributed by atoms with Crippen molar-refractivity contribution < 1.29 is 23.7 Å². The maximum atomic E-state index is 14.1. The Morgan fingerprint density at radius 3 is 2.95 bits per heavy atom. The van der Waals surface area contributed by atoms with Gasteiger partial charge in [0, 0.05) is 4.91 Å². The van der Waals surface area contributed by atoms with Crippen LogP contribution in [0.15, 0.2) is 16.1 Å². The van der Waals surface area contributed by atoms with Crippen LogP contribution < -0.4 is 5.69 Å². The molecule has 2 rings (SSSR count). The third-order valence-electron chi connectivity index (χ3n) is 3.00. The number of alkyl halides is 1. The van der Waals surface area contributed by atoms with E-state index in [0.29, 0.717) is 10.8 Å². The molecular formula is C9H9F2N5O4S. The predicted molar refractivity (Wildman–Crippen MR) is 65.8 cm³/mol. The quantitative estimate of drug-likeness (QED) is 0.318. The van der Waals surface area contributed by atoms with E-state index in [1.165, 1.54) is 0 Å². The second-order valence-corrected chi connectivity index (χ2v) is 4.64. The highest BCUT2D eigenvalue weighted by molar-refractivity contribution is 7.71. The molecule has 1 unspecified atom stereocenters. The van der Waals surface area contributed by atoms with Gasteiger partial charge in [0.05, 0.1) is 12.8 Å². The molecule has 1 aliphatic rings. The van der Waals surface area contributed by atoms with Crippen molar-refractivity contribution >= 4 is 12.2 Å². The molecule has 0 aliphatic carbocycles. The van der Waals surface area contributed by atoms with E-state index < -0.39 is 47.0 Å². The molecule has 1 aromatic heterocycles. The van der Waals surface area contributed by atoms with Gasteiger partial charge in [0.25, 0.3) is 0 Å². The van der Waals surface area contributed by atoms with Gasteiger partial charge in [-0.15, -0.1) is 0 Å². The first-order chi connectivity index (χ1) is 9.86. The zero-order valence-corrected chi connectivity index (χ0v) is 11.0. The van der Waals surface area contributed by atoms with Crippen molar-refractivity contribution in [3.8, 4) is 0 Å². The lowest BCUT2D eigenvalue weighted by molar-refractivity contribution is -0.124. The molecule has 4 atom stereocenters. The number of aromatic nitrogens is 2. The number of nitrogens with one attached hydrogen (secondary N) is 1. The van der Waals surface area contributed by atoms with Crippen molar-refractivity contribution in [3.05, 3.63) is 37.6 Å². The van der Waals surface area contributed by atoms with Crippen LogP contribution in [0.2, 0.25) is 0 Å². The second-order valence-electron chi connectivity index (χ2n) is 4.23. The molecule has 0 spiro atoms. The molecule has 3 N–H and O–H groups in total. The number of aliphatic hydroxyl groups is 2. The first kappa shape index (κ1) is 15.5. The molecule has 0 saturated carbocycles. The normalized spacial score (nSPS) is 31.9. The van der Waals surface area contributed by atoms with E-state index in [0.717, 1.165) is 0 Å². The van der Waals surface area contributed by atoms with Gasteiger partial charge in [0.15, 0.2) is 18.2 Å². The van der Waals surface area contributed by atoms with Gasteiger partial charge in [-0.05, 0) is 5.53 Å². The number of halogens is 2. The number of hydrogen-bond acceptors (Lipinski definition) is 6. The van der Waals surface area contributed by atoms with Crippen molar-refractivity contribution in [2.75, 3.05) is 6.61 Å². The lowest BCUT2D eigenvalue weighted by Gasteiger charge is -2.23. The van der Waals surface area contributed by atoms with Crippen LogP contribution in [-0.2, 0) is 4.74 Å². The molecule has 1 saturated heterocycles. The first-order valence-corrected chi connectivity index (χ1v) is 5.95. The lowest BCUT2D eigenvalue weighted by atomic mass is 10.1. The summed E-state index contributed by atoms with van der Waals surface area (Å²) in [6, 6.07) is 0. The van der Waals surface area contributed by atoms with Gasteiger partial charge >= 0.3 is 5.69 Å². The minimum absolute atomic E-state index is 0.476. The van der Waals surface area contributed by atoms with E-state index in [-0.39, 0.29) is 0 Å². The van der Waals surface area contributed by atoms with Gasteiger partial charge in [-0.3, -0.25) is 9.55 Å². The highest BCUT2D eigenvalue weighted by Crippen LogP contribution is 2.39. The van der Waals surface area contributed by atoms with Crippen LogP contribution in [0.4, 0.5) is 8.78 Å². The van der Waals surface area contributed by atoms with E-state index in [1.54, 1.807) is 0 Å². The van der Waals surface area contributed by atoms with Crippen LogP contribution >= 0.6 is 12.2 Å². The Kier molecular flexibility index (Phi) is 4.07. The minimum Gasteiger partial charge on any atom is -0.393 e. The van der Waals surface area contributed by atoms with Gasteiger partial charge in [-0.25, -0.2) is 13.6 Å². The number of nitrogens with zero attached hydrogens (tertiary/aromatic N) is 4. The molecule has 21 heavy (non-hydrogen) atoms. The summed E-state index contributed by atoms with van der Waals surface area (Å²) in [4.78, 5) is 16.0. The monoisotopic (exact) mass is 321 g/mol. The largest absolute Gasteiger partial charge is 0.393 e. The summed E-state index contributed by atoms with van der Waals surface area (Å²) in [6.07, 6.45) is -5.49. The lowest BCUT2D eigenvalue weighted by Crippen LogP contribution is -2.43. The van der Waals surface area contributed by atoms with Crippen molar-refractivity contribution in [3.63, 3.8) is 0 Å². The number of aliphatic hydroxyl groups excluding tert-OH is 2. The van der Waals surface area contributed by atoms with E-state index >= 15 is 0 Å². The van der Waals surface area contributed by atoms with E-state index in [1.807, 2.05) is 4.98 Å². The van der Waals surface area contributed by atoms with Crippen molar-refractivity contribution in [2.24, 2.45) is 5.11 Å². The molecule has 0 aromatic carbocycles. The predicted octanol–water partition coefficient (Wildman–Crippen LogP) is 0.272. The number of H-pyrrole nitrogens is 1. The van der Waals surface area contributed by atoms with Crippen molar-refractivity contribution in [1.82, 2.24) is 9.55 Å². The fourth-order valence-electron chi connectivity index (χ4n) is 1.93.